The molecule has 2 rings (SSSR count). The molecule has 0 aliphatic carbocycles. The number of rotatable bonds is 5. The summed E-state index contributed by atoms with van der Waals surface area (Å²) < 4.78 is 4.89. The van der Waals surface area contributed by atoms with Gasteiger partial charge >= 0.3 is 5.97 Å². The van der Waals surface area contributed by atoms with Crippen molar-refractivity contribution in [1.82, 2.24) is 0 Å². The molecule has 2 aromatic rings. The summed E-state index contributed by atoms with van der Waals surface area (Å²) in [6, 6.07) is 13.7. The first-order valence-electron chi connectivity index (χ1n) is 6.65. The lowest BCUT2D eigenvalue weighted by Gasteiger charge is -2.04. The summed E-state index contributed by atoms with van der Waals surface area (Å²) in [7, 11) is 0. The van der Waals surface area contributed by atoms with Crippen LogP contribution in [0.5, 0.6) is 0 Å². The van der Waals surface area contributed by atoms with Crippen LogP contribution in [0.1, 0.15) is 28.4 Å². The van der Waals surface area contributed by atoms with Gasteiger partial charge in [-0.1, -0.05) is 35.9 Å². The Hall–Kier alpha value is -2.13. The molecule has 0 spiro atoms. The highest BCUT2D eigenvalue weighted by Gasteiger charge is 2.10. The number of carbonyl (C=O) groups excluding carboxylic acids is 2. The van der Waals surface area contributed by atoms with Crippen molar-refractivity contribution >= 4 is 23.4 Å². The van der Waals surface area contributed by atoms with Gasteiger partial charge < -0.3 is 4.74 Å². The van der Waals surface area contributed by atoms with Crippen molar-refractivity contribution < 1.29 is 14.3 Å². The summed E-state index contributed by atoms with van der Waals surface area (Å²) >= 11 is 5.80. The lowest BCUT2D eigenvalue weighted by molar-refractivity contribution is -0.142. The second-order valence-corrected chi connectivity index (χ2v) is 4.95. The fraction of sp³-hybridized carbons (Fsp3) is 0.176. The van der Waals surface area contributed by atoms with Crippen molar-refractivity contribution in [3.05, 3.63) is 70.2 Å². The molecule has 0 saturated carbocycles. The molecular weight excluding hydrogens is 288 g/mol. The Bertz CT molecular complexity index is 630. The van der Waals surface area contributed by atoms with Gasteiger partial charge in [0.15, 0.2) is 5.78 Å². The van der Waals surface area contributed by atoms with Crippen LogP contribution in [-0.4, -0.2) is 18.4 Å². The monoisotopic (exact) mass is 302 g/mol. The largest absolute Gasteiger partial charge is 0.466 e. The molecule has 2 aromatic carbocycles. The Kier molecular flexibility index (Phi) is 5.12. The van der Waals surface area contributed by atoms with Gasteiger partial charge in [-0.2, -0.15) is 0 Å². The van der Waals surface area contributed by atoms with Crippen LogP contribution < -0.4 is 0 Å². The smallest absolute Gasteiger partial charge is 0.310 e. The fourth-order valence-electron chi connectivity index (χ4n) is 1.92. The van der Waals surface area contributed by atoms with Gasteiger partial charge in [0.2, 0.25) is 0 Å². The number of hydrogen-bond acceptors (Lipinski definition) is 3. The topological polar surface area (TPSA) is 43.4 Å². The highest BCUT2D eigenvalue weighted by molar-refractivity contribution is 6.30. The van der Waals surface area contributed by atoms with Crippen molar-refractivity contribution in [2.24, 2.45) is 0 Å². The van der Waals surface area contributed by atoms with Crippen LogP contribution in [0.25, 0.3) is 0 Å². The normalized spacial score (nSPS) is 10.2. The van der Waals surface area contributed by atoms with E-state index in [4.69, 9.17) is 16.3 Å². The molecular formula is C17H15ClO3. The molecule has 0 amide bonds. The molecule has 0 aliphatic rings. The third-order valence-electron chi connectivity index (χ3n) is 2.98. The van der Waals surface area contributed by atoms with Crippen molar-refractivity contribution in [1.29, 1.82) is 0 Å². The number of esters is 1. The summed E-state index contributed by atoms with van der Waals surface area (Å²) in [5.41, 5.74) is 1.98. The molecule has 3 nitrogen and oxygen atoms in total. The van der Waals surface area contributed by atoms with E-state index in [0.717, 1.165) is 5.56 Å². The van der Waals surface area contributed by atoms with E-state index in [0.29, 0.717) is 22.8 Å². The number of ketones is 1. The minimum Gasteiger partial charge on any atom is -0.466 e. The quantitative estimate of drug-likeness (QED) is 0.625. The van der Waals surface area contributed by atoms with Gasteiger partial charge in [-0.15, -0.1) is 0 Å². The van der Waals surface area contributed by atoms with Gasteiger partial charge in [-0.3, -0.25) is 9.59 Å². The van der Waals surface area contributed by atoms with E-state index >= 15 is 0 Å². The highest BCUT2D eigenvalue weighted by atomic mass is 35.5. The lowest BCUT2D eigenvalue weighted by Crippen LogP contribution is -2.08. The molecule has 4 heteroatoms. The van der Waals surface area contributed by atoms with Crippen LogP contribution in [0.15, 0.2) is 48.5 Å². The van der Waals surface area contributed by atoms with Gasteiger partial charge in [-0.05, 0) is 36.8 Å². The predicted octanol–water partition coefficient (Wildman–Crippen LogP) is 3.68. The van der Waals surface area contributed by atoms with Crippen molar-refractivity contribution in [2.45, 2.75) is 13.3 Å². The number of carbonyl (C=O) groups is 2. The molecule has 0 unspecified atom stereocenters. The zero-order valence-electron chi connectivity index (χ0n) is 11.6. The molecule has 0 aromatic heterocycles. The summed E-state index contributed by atoms with van der Waals surface area (Å²) in [5.74, 6) is -0.344. The van der Waals surface area contributed by atoms with Gasteiger partial charge in [0, 0.05) is 16.1 Å². The minimum absolute atomic E-state index is 0.0747. The summed E-state index contributed by atoms with van der Waals surface area (Å²) in [5, 5.41) is 0.594. The summed E-state index contributed by atoms with van der Waals surface area (Å²) in [4.78, 5) is 23.6. The Labute approximate surface area is 128 Å². The van der Waals surface area contributed by atoms with Crippen LogP contribution in [-0.2, 0) is 16.0 Å². The Morgan fingerprint density at radius 3 is 2.00 bits per heavy atom. The van der Waals surface area contributed by atoms with Crippen molar-refractivity contribution in [3.63, 3.8) is 0 Å². The third kappa shape index (κ3) is 4.17. The van der Waals surface area contributed by atoms with Gasteiger partial charge in [0.1, 0.15) is 0 Å². The van der Waals surface area contributed by atoms with Crippen LogP contribution in [0, 0.1) is 0 Å². The van der Waals surface area contributed by atoms with Gasteiger partial charge in [-0.25, -0.2) is 0 Å². The molecule has 0 radical (unpaired) electrons. The van der Waals surface area contributed by atoms with Crippen LogP contribution in [0.3, 0.4) is 0 Å². The van der Waals surface area contributed by atoms with E-state index < -0.39 is 0 Å². The Morgan fingerprint density at radius 2 is 1.48 bits per heavy atom. The Morgan fingerprint density at radius 1 is 0.952 bits per heavy atom. The minimum atomic E-state index is -0.269. The maximum absolute atomic E-state index is 12.3. The second-order valence-electron chi connectivity index (χ2n) is 4.51. The van der Waals surface area contributed by atoms with E-state index in [9.17, 15) is 9.59 Å². The van der Waals surface area contributed by atoms with E-state index in [1.54, 1.807) is 55.5 Å². The highest BCUT2D eigenvalue weighted by Crippen LogP contribution is 2.15. The van der Waals surface area contributed by atoms with Gasteiger partial charge in [0.05, 0.1) is 13.0 Å². The molecule has 108 valence electrons. The molecule has 0 N–H and O–H groups in total. The first kappa shape index (κ1) is 15.3. The fourth-order valence-corrected chi connectivity index (χ4v) is 2.05. The number of benzene rings is 2. The molecule has 0 atom stereocenters. The van der Waals surface area contributed by atoms with E-state index in [-0.39, 0.29) is 18.2 Å². The van der Waals surface area contributed by atoms with Crippen LogP contribution in [0.2, 0.25) is 5.02 Å². The zero-order chi connectivity index (χ0) is 15.2. The molecule has 0 saturated heterocycles. The first-order valence-corrected chi connectivity index (χ1v) is 7.02. The van der Waals surface area contributed by atoms with Crippen molar-refractivity contribution in [2.75, 3.05) is 6.61 Å². The van der Waals surface area contributed by atoms with Crippen LogP contribution in [0.4, 0.5) is 0 Å². The molecule has 0 aliphatic heterocycles. The molecule has 0 heterocycles. The zero-order valence-corrected chi connectivity index (χ0v) is 12.4. The standard InChI is InChI=1S/C17H15ClO3/c1-2-21-16(19)11-12-3-5-13(6-4-12)17(20)14-7-9-15(18)10-8-14/h3-10H,2,11H2,1H3. The van der Waals surface area contributed by atoms with E-state index in [1.165, 1.54) is 0 Å². The average Bonchev–Trinajstić information content (AvgIpc) is 2.48. The van der Waals surface area contributed by atoms with Crippen molar-refractivity contribution in [3.8, 4) is 0 Å². The average molecular weight is 303 g/mol. The molecule has 0 fully saturated rings. The number of hydrogen-bond donors (Lipinski definition) is 0. The van der Waals surface area contributed by atoms with Gasteiger partial charge in [0.25, 0.3) is 0 Å². The number of ether oxygens (including phenoxy) is 1. The molecule has 0 bridgehead atoms. The number of halogens is 1. The predicted molar refractivity (Wildman–Crippen MR) is 81.7 cm³/mol. The molecule has 21 heavy (non-hydrogen) atoms. The Balaban J connectivity index is 2.09. The third-order valence-corrected chi connectivity index (χ3v) is 3.23. The second kappa shape index (κ2) is 7.04. The van der Waals surface area contributed by atoms with E-state index in [2.05, 4.69) is 0 Å². The summed E-state index contributed by atoms with van der Waals surface area (Å²) in [6.07, 6.45) is 0.212. The van der Waals surface area contributed by atoms with E-state index in [1.807, 2.05) is 0 Å². The maximum atomic E-state index is 12.3. The first-order chi connectivity index (χ1) is 10.1. The SMILES string of the molecule is CCOC(=O)Cc1ccc(C(=O)c2ccc(Cl)cc2)cc1. The summed E-state index contributed by atoms with van der Waals surface area (Å²) in [6.45, 7) is 2.14. The van der Waals surface area contributed by atoms with Crippen LogP contribution >= 0.6 is 11.6 Å². The lowest BCUT2D eigenvalue weighted by atomic mass is 10.0. The maximum Gasteiger partial charge on any atom is 0.310 e.